The first-order valence-corrected chi connectivity index (χ1v) is 10.0. The van der Waals surface area contributed by atoms with Crippen LogP contribution in [0.4, 0.5) is 0 Å². The van der Waals surface area contributed by atoms with Crippen molar-refractivity contribution in [3.63, 3.8) is 0 Å². The predicted octanol–water partition coefficient (Wildman–Crippen LogP) is 3.74. The van der Waals surface area contributed by atoms with Gasteiger partial charge in [0.05, 0.1) is 30.0 Å². The molecule has 2 aromatic carbocycles. The Hall–Kier alpha value is -2.21. The Labute approximate surface area is 169 Å². The second kappa shape index (κ2) is 8.03. The summed E-state index contributed by atoms with van der Waals surface area (Å²) in [4.78, 5) is 17.1. The second-order valence-corrected chi connectivity index (χ2v) is 7.88. The van der Waals surface area contributed by atoms with Crippen LogP contribution >= 0.6 is 11.6 Å². The van der Waals surface area contributed by atoms with E-state index in [1.54, 1.807) is 6.33 Å². The molecule has 0 bridgehead atoms. The quantitative estimate of drug-likeness (QED) is 0.688. The fourth-order valence-corrected chi connectivity index (χ4v) is 4.25. The third-order valence-electron chi connectivity index (χ3n) is 5.55. The molecule has 0 radical (unpaired) electrons. The zero-order chi connectivity index (χ0) is 19.7. The second-order valence-electron chi connectivity index (χ2n) is 7.47. The fraction of sp³-hybridized carbons (Fsp3) is 0.364. The minimum atomic E-state index is -0.447. The number of hydrogen-bond donors (Lipinski definition) is 2. The average Bonchev–Trinajstić information content (AvgIpc) is 3.08. The maximum absolute atomic E-state index is 12.6. The van der Waals surface area contributed by atoms with E-state index in [0.29, 0.717) is 11.4 Å². The van der Waals surface area contributed by atoms with Crippen molar-refractivity contribution in [1.29, 1.82) is 0 Å². The molecule has 2 N–H and O–H groups in total. The van der Waals surface area contributed by atoms with E-state index in [1.807, 2.05) is 47.9 Å². The van der Waals surface area contributed by atoms with Gasteiger partial charge in [-0.1, -0.05) is 35.9 Å². The number of ketones is 1. The zero-order valence-corrected chi connectivity index (χ0v) is 16.6. The van der Waals surface area contributed by atoms with E-state index in [9.17, 15) is 9.90 Å². The average molecular weight is 398 g/mol. The summed E-state index contributed by atoms with van der Waals surface area (Å²) < 4.78 is 1.89. The molecule has 0 spiro atoms. The topological polar surface area (TPSA) is 67.2 Å². The fourth-order valence-electron chi connectivity index (χ4n) is 4.01. The summed E-state index contributed by atoms with van der Waals surface area (Å²) in [5.74, 6) is 0.0885. The summed E-state index contributed by atoms with van der Waals surface area (Å²) in [6.45, 7) is 3.14. The molecule has 3 aromatic rings. The number of imidazole rings is 1. The number of fused-ring (bicyclic) bond motifs is 1. The van der Waals surface area contributed by atoms with E-state index in [1.165, 1.54) is 0 Å². The molecule has 1 saturated heterocycles. The van der Waals surface area contributed by atoms with Gasteiger partial charge < -0.3 is 15.0 Å². The summed E-state index contributed by atoms with van der Waals surface area (Å²) >= 11 is 6.36. The van der Waals surface area contributed by atoms with E-state index in [-0.39, 0.29) is 18.4 Å². The number of aromatic nitrogens is 2. The van der Waals surface area contributed by atoms with Crippen LogP contribution in [0.5, 0.6) is 0 Å². The smallest absolute Gasteiger partial charge is 0.154 e. The lowest BCUT2D eigenvalue weighted by Crippen LogP contribution is -2.46. The number of carbonyl (C=O) groups excluding carboxylic acids is 1. The minimum absolute atomic E-state index is 0.0885. The number of halogens is 1. The molecule has 1 aromatic heterocycles. The van der Waals surface area contributed by atoms with Crippen LogP contribution in [0.15, 0.2) is 42.7 Å². The van der Waals surface area contributed by atoms with Gasteiger partial charge in [0.25, 0.3) is 0 Å². The van der Waals surface area contributed by atoms with Crippen molar-refractivity contribution in [2.24, 2.45) is 0 Å². The van der Waals surface area contributed by atoms with Gasteiger partial charge in [-0.15, -0.1) is 0 Å². The molecular formula is C22H24ClN3O2. The number of Topliss-reactive ketones (excluding diaryl/α,β-unsaturated/α-hetero) is 1. The van der Waals surface area contributed by atoms with Crippen molar-refractivity contribution in [2.45, 2.75) is 44.9 Å². The largest absolute Gasteiger partial charge is 0.391 e. The van der Waals surface area contributed by atoms with Crippen LogP contribution < -0.4 is 5.32 Å². The molecule has 2 unspecified atom stereocenters. The maximum Gasteiger partial charge on any atom is 0.154 e. The van der Waals surface area contributed by atoms with E-state index in [0.717, 1.165) is 47.1 Å². The van der Waals surface area contributed by atoms with Crippen LogP contribution in [-0.2, 0) is 11.3 Å². The highest BCUT2D eigenvalue weighted by atomic mass is 35.5. The van der Waals surface area contributed by atoms with Crippen molar-refractivity contribution in [3.8, 4) is 11.1 Å². The molecule has 146 valence electrons. The van der Waals surface area contributed by atoms with Gasteiger partial charge in [-0.2, -0.15) is 0 Å². The number of piperidine rings is 1. The first-order chi connectivity index (χ1) is 13.5. The van der Waals surface area contributed by atoms with Crippen LogP contribution in [0.25, 0.3) is 22.2 Å². The molecule has 2 heterocycles. The van der Waals surface area contributed by atoms with Gasteiger partial charge in [0, 0.05) is 23.0 Å². The Morgan fingerprint density at radius 1 is 1.29 bits per heavy atom. The lowest BCUT2D eigenvalue weighted by Gasteiger charge is -2.28. The third kappa shape index (κ3) is 3.70. The molecular weight excluding hydrogens is 374 g/mol. The SMILES string of the molecule is Cc1c(-c2ccccc2Cl)ccc2c1ncn2CC(=O)CC1NCCCC1O. The number of aryl methyl sites for hydroxylation is 1. The molecule has 28 heavy (non-hydrogen) atoms. The molecule has 0 aliphatic carbocycles. The summed E-state index contributed by atoms with van der Waals surface area (Å²) in [6, 6.07) is 11.6. The van der Waals surface area contributed by atoms with Crippen LogP contribution in [0.3, 0.4) is 0 Å². The number of nitrogens with zero attached hydrogens (tertiary/aromatic N) is 2. The van der Waals surface area contributed by atoms with E-state index >= 15 is 0 Å². The number of carbonyl (C=O) groups is 1. The number of aliphatic hydroxyl groups is 1. The van der Waals surface area contributed by atoms with Crippen LogP contribution in [0.2, 0.25) is 5.02 Å². The number of hydrogen-bond acceptors (Lipinski definition) is 4. The van der Waals surface area contributed by atoms with Crippen LogP contribution in [0, 0.1) is 6.92 Å². The highest BCUT2D eigenvalue weighted by molar-refractivity contribution is 6.33. The maximum atomic E-state index is 12.6. The summed E-state index contributed by atoms with van der Waals surface area (Å²) in [5.41, 5.74) is 4.87. The first kappa shape index (κ1) is 19.1. The number of rotatable bonds is 5. The predicted molar refractivity (Wildman–Crippen MR) is 112 cm³/mol. The molecule has 1 fully saturated rings. The third-order valence-corrected chi connectivity index (χ3v) is 5.88. The van der Waals surface area contributed by atoms with Crippen molar-refractivity contribution in [1.82, 2.24) is 14.9 Å². The molecule has 1 aliphatic rings. The van der Waals surface area contributed by atoms with Gasteiger partial charge in [-0.25, -0.2) is 4.98 Å². The lowest BCUT2D eigenvalue weighted by atomic mass is 9.97. The molecule has 0 amide bonds. The van der Waals surface area contributed by atoms with Gasteiger partial charge in [0.1, 0.15) is 0 Å². The molecule has 5 nitrogen and oxygen atoms in total. The number of nitrogens with one attached hydrogen (secondary N) is 1. The summed E-state index contributed by atoms with van der Waals surface area (Å²) in [5, 5.41) is 14.0. The van der Waals surface area contributed by atoms with Crippen LogP contribution in [0.1, 0.15) is 24.8 Å². The van der Waals surface area contributed by atoms with Gasteiger partial charge in [-0.3, -0.25) is 4.79 Å². The Bertz CT molecular complexity index is 1010. The van der Waals surface area contributed by atoms with Gasteiger partial charge in [-0.05, 0) is 49.6 Å². The summed E-state index contributed by atoms with van der Waals surface area (Å²) in [6.07, 6.45) is 3.31. The molecule has 2 atom stereocenters. The monoisotopic (exact) mass is 397 g/mol. The van der Waals surface area contributed by atoms with Crippen molar-refractivity contribution >= 4 is 28.4 Å². The van der Waals surface area contributed by atoms with E-state index in [2.05, 4.69) is 10.3 Å². The Balaban J connectivity index is 1.57. The van der Waals surface area contributed by atoms with E-state index in [4.69, 9.17) is 11.6 Å². The Kier molecular flexibility index (Phi) is 5.49. The molecule has 1 aliphatic heterocycles. The Morgan fingerprint density at radius 2 is 2.11 bits per heavy atom. The summed E-state index contributed by atoms with van der Waals surface area (Å²) in [7, 11) is 0. The molecule has 0 saturated carbocycles. The number of aliphatic hydroxyl groups excluding tert-OH is 1. The van der Waals surface area contributed by atoms with Crippen molar-refractivity contribution in [2.75, 3.05) is 6.54 Å². The van der Waals surface area contributed by atoms with Crippen molar-refractivity contribution < 1.29 is 9.90 Å². The minimum Gasteiger partial charge on any atom is -0.391 e. The van der Waals surface area contributed by atoms with Gasteiger partial charge in [0.2, 0.25) is 0 Å². The standard InChI is InChI=1S/C22H24ClN3O2/c1-14-16(17-5-2-3-6-18(17)23)8-9-20-22(14)25-13-26(20)12-15(27)11-19-21(28)7-4-10-24-19/h2-3,5-6,8-9,13,19,21,24,28H,4,7,10-12H2,1H3. The molecule has 4 rings (SSSR count). The van der Waals surface area contributed by atoms with Gasteiger partial charge in [0.15, 0.2) is 5.78 Å². The van der Waals surface area contributed by atoms with E-state index < -0.39 is 6.10 Å². The molecule has 6 heteroatoms. The Morgan fingerprint density at radius 3 is 2.89 bits per heavy atom. The lowest BCUT2D eigenvalue weighted by molar-refractivity contribution is -0.121. The highest BCUT2D eigenvalue weighted by Gasteiger charge is 2.25. The first-order valence-electron chi connectivity index (χ1n) is 9.67. The zero-order valence-electron chi connectivity index (χ0n) is 15.9. The van der Waals surface area contributed by atoms with Crippen LogP contribution in [-0.4, -0.2) is 39.1 Å². The highest BCUT2D eigenvalue weighted by Crippen LogP contribution is 2.33. The van der Waals surface area contributed by atoms with Gasteiger partial charge >= 0.3 is 0 Å². The number of benzene rings is 2. The normalized spacial score (nSPS) is 19.8. The van der Waals surface area contributed by atoms with Crippen molar-refractivity contribution in [3.05, 3.63) is 53.3 Å².